The van der Waals surface area contributed by atoms with E-state index < -0.39 is 0 Å². The van der Waals surface area contributed by atoms with Gasteiger partial charge in [0.2, 0.25) is 0 Å². The summed E-state index contributed by atoms with van der Waals surface area (Å²) in [6, 6.07) is 1.59. The van der Waals surface area contributed by atoms with Crippen LogP contribution < -0.4 is 5.32 Å². The van der Waals surface area contributed by atoms with Gasteiger partial charge in [-0.2, -0.15) is 5.10 Å². The molecule has 2 heterocycles. The summed E-state index contributed by atoms with van der Waals surface area (Å²) >= 11 is 0. The molecule has 15 heavy (non-hydrogen) atoms. The Bertz CT molecular complexity index is 446. The minimum atomic E-state index is -0.256. The van der Waals surface area contributed by atoms with E-state index in [1.807, 2.05) is 0 Å². The van der Waals surface area contributed by atoms with Crippen molar-refractivity contribution >= 4 is 5.91 Å². The Morgan fingerprint density at radius 2 is 2.53 bits per heavy atom. The third-order valence-corrected chi connectivity index (χ3v) is 1.87. The summed E-state index contributed by atoms with van der Waals surface area (Å²) in [6.07, 6.45) is 3.36. The number of hydrogen-bond acceptors (Lipinski definition) is 4. The van der Waals surface area contributed by atoms with Crippen molar-refractivity contribution in [2.75, 3.05) is 0 Å². The minimum absolute atomic E-state index is 0.256. The van der Waals surface area contributed by atoms with Crippen LogP contribution in [0.15, 0.2) is 23.0 Å². The quantitative estimate of drug-likeness (QED) is 0.771. The second kappa shape index (κ2) is 3.95. The first-order valence-corrected chi connectivity index (χ1v) is 4.45. The average Bonchev–Trinajstić information content (AvgIpc) is 2.84. The van der Waals surface area contributed by atoms with E-state index in [2.05, 4.69) is 20.7 Å². The van der Waals surface area contributed by atoms with Crippen LogP contribution in [-0.4, -0.2) is 21.3 Å². The first-order chi connectivity index (χ1) is 7.25. The van der Waals surface area contributed by atoms with Gasteiger partial charge in [-0.15, -0.1) is 0 Å². The molecule has 0 saturated heterocycles. The van der Waals surface area contributed by atoms with E-state index in [4.69, 9.17) is 4.52 Å². The summed E-state index contributed by atoms with van der Waals surface area (Å²) < 4.78 is 4.79. The molecule has 0 aliphatic carbocycles. The van der Waals surface area contributed by atoms with E-state index in [1.54, 1.807) is 25.4 Å². The first-order valence-electron chi connectivity index (χ1n) is 4.45. The topological polar surface area (TPSA) is 83.8 Å². The maximum absolute atomic E-state index is 11.5. The monoisotopic (exact) mass is 206 g/mol. The molecule has 1 amide bonds. The Morgan fingerprint density at radius 1 is 1.67 bits per heavy atom. The molecule has 0 aromatic carbocycles. The second-order valence-corrected chi connectivity index (χ2v) is 3.11. The highest BCUT2D eigenvalue weighted by Gasteiger charge is 2.10. The molecule has 2 rings (SSSR count). The van der Waals surface area contributed by atoms with Crippen LogP contribution in [0.25, 0.3) is 0 Å². The summed E-state index contributed by atoms with van der Waals surface area (Å²) in [5.41, 5.74) is 1.19. The molecule has 78 valence electrons. The predicted octanol–water partition coefficient (Wildman–Crippen LogP) is 0.636. The molecule has 0 bridgehead atoms. The lowest BCUT2D eigenvalue weighted by molar-refractivity contribution is 0.0942. The normalized spacial score (nSPS) is 10.2. The van der Waals surface area contributed by atoms with Crippen LogP contribution in [0, 0.1) is 6.92 Å². The third-order valence-electron chi connectivity index (χ3n) is 1.87. The molecular weight excluding hydrogens is 196 g/mol. The molecule has 2 aromatic heterocycles. The number of nitrogens with zero attached hydrogens (tertiary/aromatic N) is 2. The van der Waals surface area contributed by atoms with Gasteiger partial charge in [0.05, 0.1) is 6.20 Å². The first kappa shape index (κ1) is 9.45. The number of aromatic amines is 1. The van der Waals surface area contributed by atoms with Crippen molar-refractivity contribution in [1.82, 2.24) is 20.7 Å². The van der Waals surface area contributed by atoms with Crippen LogP contribution in [0.2, 0.25) is 0 Å². The molecule has 6 nitrogen and oxygen atoms in total. The highest BCUT2D eigenvalue weighted by Crippen LogP contribution is 2.01. The number of H-pyrrole nitrogens is 1. The molecule has 0 aliphatic heterocycles. The van der Waals surface area contributed by atoms with Crippen LogP contribution in [-0.2, 0) is 6.54 Å². The molecule has 0 radical (unpaired) electrons. The number of aryl methyl sites for hydroxylation is 1. The summed E-state index contributed by atoms with van der Waals surface area (Å²) in [6.45, 7) is 2.15. The van der Waals surface area contributed by atoms with Gasteiger partial charge in [0.15, 0.2) is 5.69 Å². The van der Waals surface area contributed by atoms with Gasteiger partial charge in [-0.1, -0.05) is 5.16 Å². The van der Waals surface area contributed by atoms with E-state index in [0.29, 0.717) is 12.3 Å². The lowest BCUT2D eigenvalue weighted by atomic mass is 10.3. The molecular formula is C9H10N4O2. The van der Waals surface area contributed by atoms with Crippen LogP contribution in [0.3, 0.4) is 0 Å². The Kier molecular flexibility index (Phi) is 2.49. The predicted molar refractivity (Wildman–Crippen MR) is 51.0 cm³/mol. The van der Waals surface area contributed by atoms with Gasteiger partial charge >= 0.3 is 0 Å². The Balaban J connectivity index is 1.93. The van der Waals surface area contributed by atoms with Crippen LogP contribution in [0.5, 0.6) is 0 Å². The fourth-order valence-corrected chi connectivity index (χ4v) is 1.12. The fourth-order valence-electron chi connectivity index (χ4n) is 1.12. The number of aromatic nitrogens is 3. The van der Waals surface area contributed by atoms with Gasteiger partial charge in [-0.05, 0) is 6.92 Å². The lowest BCUT2D eigenvalue weighted by Crippen LogP contribution is -2.22. The highest BCUT2D eigenvalue weighted by molar-refractivity contribution is 5.92. The molecule has 0 fully saturated rings. The zero-order chi connectivity index (χ0) is 10.7. The lowest BCUT2D eigenvalue weighted by Gasteiger charge is -1.98. The summed E-state index contributed by atoms with van der Waals surface area (Å²) in [5.74, 6) is 0.358. The van der Waals surface area contributed by atoms with E-state index in [-0.39, 0.29) is 11.6 Å². The fraction of sp³-hybridized carbons (Fsp3) is 0.222. The zero-order valence-electron chi connectivity index (χ0n) is 8.15. The van der Waals surface area contributed by atoms with E-state index in [1.165, 1.54) is 0 Å². The molecule has 0 unspecified atom stereocenters. The maximum atomic E-state index is 11.5. The third kappa shape index (κ3) is 2.22. The smallest absolute Gasteiger partial charge is 0.273 e. The Morgan fingerprint density at radius 3 is 3.13 bits per heavy atom. The van der Waals surface area contributed by atoms with Gasteiger partial charge in [-0.25, -0.2) is 0 Å². The van der Waals surface area contributed by atoms with Crippen LogP contribution >= 0.6 is 0 Å². The summed E-state index contributed by atoms with van der Waals surface area (Å²) in [5, 5.41) is 12.7. The number of nitrogens with one attached hydrogen (secondary N) is 2. The molecule has 0 aliphatic rings. The molecule has 0 saturated carbocycles. The average molecular weight is 206 g/mol. The number of carbonyl (C=O) groups excluding carboxylic acids is 1. The molecule has 2 aromatic rings. The Hall–Kier alpha value is -2.11. The Labute approximate surface area is 85.7 Å². The van der Waals surface area contributed by atoms with Crippen molar-refractivity contribution in [3.8, 4) is 0 Å². The van der Waals surface area contributed by atoms with E-state index >= 15 is 0 Å². The van der Waals surface area contributed by atoms with E-state index in [9.17, 15) is 4.79 Å². The van der Waals surface area contributed by atoms with Crippen molar-refractivity contribution < 1.29 is 9.32 Å². The SMILES string of the molecule is Cc1cc(C(=O)NCc2cn[nH]c2)no1. The van der Waals surface area contributed by atoms with Crippen molar-refractivity contribution in [2.24, 2.45) is 0 Å². The van der Waals surface area contributed by atoms with Crippen LogP contribution in [0.1, 0.15) is 21.8 Å². The van der Waals surface area contributed by atoms with E-state index in [0.717, 1.165) is 5.56 Å². The van der Waals surface area contributed by atoms with Crippen molar-refractivity contribution in [3.05, 3.63) is 35.5 Å². The van der Waals surface area contributed by atoms with Crippen molar-refractivity contribution in [3.63, 3.8) is 0 Å². The standard InChI is InChI=1S/C9H10N4O2/c1-6-2-8(13-15-6)9(14)10-3-7-4-11-12-5-7/h2,4-5H,3H2,1H3,(H,10,14)(H,11,12). The number of hydrogen-bond donors (Lipinski definition) is 2. The minimum Gasteiger partial charge on any atom is -0.361 e. The van der Waals surface area contributed by atoms with Crippen LogP contribution in [0.4, 0.5) is 0 Å². The molecule has 2 N–H and O–H groups in total. The van der Waals surface area contributed by atoms with Crippen molar-refractivity contribution in [2.45, 2.75) is 13.5 Å². The van der Waals surface area contributed by atoms with Crippen molar-refractivity contribution in [1.29, 1.82) is 0 Å². The van der Waals surface area contributed by atoms with Gasteiger partial charge in [0.25, 0.3) is 5.91 Å². The number of amides is 1. The maximum Gasteiger partial charge on any atom is 0.273 e. The summed E-state index contributed by atoms with van der Waals surface area (Å²) in [7, 11) is 0. The van der Waals surface area contributed by atoms with Gasteiger partial charge < -0.3 is 9.84 Å². The number of carbonyl (C=O) groups is 1. The number of rotatable bonds is 3. The van der Waals surface area contributed by atoms with Gasteiger partial charge in [-0.3, -0.25) is 9.89 Å². The van der Waals surface area contributed by atoms with Gasteiger partial charge in [0, 0.05) is 24.4 Å². The molecule has 0 spiro atoms. The largest absolute Gasteiger partial charge is 0.361 e. The van der Waals surface area contributed by atoms with Gasteiger partial charge in [0.1, 0.15) is 5.76 Å². The molecule has 6 heteroatoms. The summed E-state index contributed by atoms with van der Waals surface area (Å²) in [4.78, 5) is 11.5. The zero-order valence-corrected chi connectivity index (χ0v) is 8.15. The highest BCUT2D eigenvalue weighted by atomic mass is 16.5. The molecule has 0 atom stereocenters. The second-order valence-electron chi connectivity index (χ2n) is 3.11.